The molecule has 2 amide bonds. The van der Waals surface area contributed by atoms with E-state index in [9.17, 15) is 4.79 Å². The summed E-state index contributed by atoms with van der Waals surface area (Å²) >= 11 is 11.7. The zero-order valence-electron chi connectivity index (χ0n) is 13.6. The van der Waals surface area contributed by atoms with Crippen molar-refractivity contribution >= 4 is 40.9 Å². The van der Waals surface area contributed by atoms with E-state index < -0.39 is 6.03 Å². The molecule has 0 unspecified atom stereocenters. The number of hydrogen-bond acceptors (Lipinski definition) is 5. The first kappa shape index (κ1) is 18.0. The van der Waals surface area contributed by atoms with E-state index in [4.69, 9.17) is 32.4 Å². The number of benzene rings is 2. The number of urea groups is 1. The number of anilines is 2. The highest BCUT2D eigenvalue weighted by atomic mass is 35.5. The Balaban J connectivity index is 1.58. The predicted octanol–water partition coefficient (Wildman–Crippen LogP) is 4.62. The van der Waals surface area contributed by atoms with Crippen LogP contribution >= 0.6 is 23.2 Å². The van der Waals surface area contributed by atoms with Gasteiger partial charge in [-0.1, -0.05) is 40.4 Å². The minimum atomic E-state index is -0.539. The van der Waals surface area contributed by atoms with Crippen LogP contribution in [0, 0.1) is 0 Å². The summed E-state index contributed by atoms with van der Waals surface area (Å²) in [5.41, 5.74) is 1.45. The van der Waals surface area contributed by atoms with E-state index in [0.717, 1.165) is 11.3 Å². The summed E-state index contributed by atoms with van der Waals surface area (Å²) in [4.78, 5) is 12.0. The highest BCUT2D eigenvalue weighted by molar-refractivity contribution is 6.42. The van der Waals surface area contributed by atoms with Gasteiger partial charge in [0.25, 0.3) is 0 Å². The number of halogens is 2. The fraction of sp³-hybridized carbons (Fsp3) is 0.118. The van der Waals surface area contributed by atoms with Gasteiger partial charge in [0.1, 0.15) is 5.75 Å². The summed E-state index contributed by atoms with van der Waals surface area (Å²) in [5.74, 6) is 1.14. The van der Waals surface area contributed by atoms with E-state index in [-0.39, 0.29) is 6.01 Å². The smallest absolute Gasteiger partial charge is 0.327 e. The lowest BCUT2D eigenvalue weighted by Crippen LogP contribution is -2.19. The van der Waals surface area contributed by atoms with Crippen molar-refractivity contribution in [3.8, 4) is 5.75 Å². The highest BCUT2D eigenvalue weighted by Crippen LogP contribution is 2.25. The SMILES string of the molecule is COc1ccc(Cc2nnc(NC(=O)Nc3ccc(Cl)c(Cl)c3)o2)cc1. The number of aromatic nitrogens is 2. The molecule has 7 nitrogen and oxygen atoms in total. The molecule has 2 aromatic carbocycles. The van der Waals surface area contributed by atoms with E-state index in [2.05, 4.69) is 20.8 Å². The fourth-order valence-corrected chi connectivity index (χ4v) is 2.43. The van der Waals surface area contributed by atoms with Crippen LogP contribution in [0.25, 0.3) is 0 Å². The average molecular weight is 393 g/mol. The first-order chi connectivity index (χ1) is 12.5. The van der Waals surface area contributed by atoms with Gasteiger partial charge < -0.3 is 14.5 Å². The lowest BCUT2D eigenvalue weighted by molar-refractivity contribution is 0.261. The molecule has 2 N–H and O–H groups in total. The van der Waals surface area contributed by atoms with Gasteiger partial charge >= 0.3 is 12.0 Å². The Kier molecular flexibility index (Phi) is 5.60. The molecule has 3 aromatic rings. The van der Waals surface area contributed by atoms with Crippen LogP contribution in [-0.4, -0.2) is 23.3 Å². The van der Waals surface area contributed by atoms with Crippen molar-refractivity contribution in [3.63, 3.8) is 0 Å². The van der Waals surface area contributed by atoms with Crippen LogP contribution in [0.5, 0.6) is 5.75 Å². The van der Waals surface area contributed by atoms with E-state index in [1.807, 2.05) is 24.3 Å². The molecule has 0 aliphatic carbocycles. The molecule has 0 spiro atoms. The lowest BCUT2D eigenvalue weighted by atomic mass is 10.1. The van der Waals surface area contributed by atoms with Gasteiger partial charge in [0.05, 0.1) is 23.6 Å². The van der Waals surface area contributed by atoms with Crippen LogP contribution in [0.1, 0.15) is 11.5 Å². The van der Waals surface area contributed by atoms with E-state index in [0.29, 0.717) is 28.0 Å². The number of carbonyl (C=O) groups excluding carboxylic acids is 1. The lowest BCUT2D eigenvalue weighted by Gasteiger charge is -2.05. The van der Waals surface area contributed by atoms with Gasteiger partial charge in [-0.25, -0.2) is 4.79 Å². The van der Waals surface area contributed by atoms with Crippen LogP contribution in [0.3, 0.4) is 0 Å². The molecule has 0 atom stereocenters. The van der Waals surface area contributed by atoms with Crippen molar-refractivity contribution in [2.24, 2.45) is 0 Å². The maximum atomic E-state index is 12.0. The molecule has 26 heavy (non-hydrogen) atoms. The summed E-state index contributed by atoms with van der Waals surface area (Å²) in [6, 6.07) is 11.7. The number of hydrogen-bond donors (Lipinski definition) is 2. The Bertz CT molecular complexity index is 913. The molecule has 134 valence electrons. The van der Waals surface area contributed by atoms with Gasteiger partial charge in [-0.05, 0) is 35.9 Å². The Morgan fingerprint density at radius 3 is 2.54 bits per heavy atom. The Morgan fingerprint density at radius 1 is 1.08 bits per heavy atom. The zero-order chi connectivity index (χ0) is 18.5. The molecule has 0 saturated carbocycles. The summed E-state index contributed by atoms with van der Waals surface area (Å²) in [5, 5.41) is 13.5. The van der Waals surface area contributed by atoms with Crippen molar-refractivity contribution in [1.29, 1.82) is 0 Å². The van der Waals surface area contributed by atoms with Crippen LogP contribution < -0.4 is 15.4 Å². The number of ether oxygens (including phenoxy) is 1. The van der Waals surface area contributed by atoms with E-state index >= 15 is 0 Å². The monoisotopic (exact) mass is 392 g/mol. The highest BCUT2D eigenvalue weighted by Gasteiger charge is 2.11. The fourth-order valence-electron chi connectivity index (χ4n) is 2.13. The number of nitrogens with zero attached hydrogens (tertiary/aromatic N) is 2. The second kappa shape index (κ2) is 8.07. The molecule has 0 bridgehead atoms. The molecular formula is C17H14Cl2N4O3. The van der Waals surface area contributed by atoms with Crippen molar-refractivity contribution in [2.45, 2.75) is 6.42 Å². The Morgan fingerprint density at radius 2 is 1.85 bits per heavy atom. The number of methoxy groups -OCH3 is 1. The first-order valence-corrected chi connectivity index (χ1v) is 8.27. The molecule has 1 aromatic heterocycles. The maximum Gasteiger partial charge on any atom is 0.327 e. The molecule has 0 aliphatic rings. The summed E-state index contributed by atoms with van der Waals surface area (Å²) in [6.45, 7) is 0. The molecule has 0 radical (unpaired) electrons. The van der Waals surface area contributed by atoms with E-state index in [1.165, 1.54) is 6.07 Å². The second-order valence-electron chi connectivity index (χ2n) is 5.23. The third kappa shape index (κ3) is 4.65. The first-order valence-electron chi connectivity index (χ1n) is 7.52. The average Bonchev–Trinajstić information content (AvgIpc) is 3.05. The van der Waals surface area contributed by atoms with Crippen LogP contribution in [0.2, 0.25) is 10.0 Å². The van der Waals surface area contributed by atoms with Crippen molar-refractivity contribution < 1.29 is 13.9 Å². The molecule has 3 rings (SSSR count). The maximum absolute atomic E-state index is 12.0. The number of amides is 2. The molecule has 9 heteroatoms. The minimum absolute atomic E-state index is 0.00827. The zero-order valence-corrected chi connectivity index (χ0v) is 15.1. The molecular weight excluding hydrogens is 379 g/mol. The largest absolute Gasteiger partial charge is 0.497 e. The Hall–Kier alpha value is -2.77. The summed E-state index contributed by atoms with van der Waals surface area (Å²) in [7, 11) is 1.61. The van der Waals surface area contributed by atoms with Crippen molar-refractivity contribution in [1.82, 2.24) is 10.2 Å². The van der Waals surface area contributed by atoms with E-state index in [1.54, 1.807) is 19.2 Å². The molecule has 0 aliphatic heterocycles. The van der Waals surface area contributed by atoms with Gasteiger partial charge in [0.2, 0.25) is 5.89 Å². The van der Waals surface area contributed by atoms with Crippen molar-refractivity contribution in [3.05, 3.63) is 64.0 Å². The predicted molar refractivity (Wildman–Crippen MR) is 99.2 cm³/mol. The van der Waals surface area contributed by atoms with Gasteiger partial charge in [-0.2, -0.15) is 0 Å². The standard InChI is InChI=1S/C17H14Cl2N4O3/c1-25-12-5-2-10(3-6-12)8-15-22-23-17(26-15)21-16(24)20-11-4-7-13(18)14(19)9-11/h2-7,9H,8H2,1H3,(H2,20,21,23,24). The quantitative estimate of drug-likeness (QED) is 0.660. The van der Waals surface area contributed by atoms with Crippen molar-refractivity contribution in [2.75, 3.05) is 17.7 Å². The topological polar surface area (TPSA) is 89.3 Å². The van der Waals surface area contributed by atoms with Gasteiger partial charge in [-0.15, -0.1) is 5.10 Å². The molecule has 1 heterocycles. The summed E-state index contributed by atoms with van der Waals surface area (Å²) < 4.78 is 10.5. The number of nitrogens with one attached hydrogen (secondary N) is 2. The third-order valence-corrected chi connectivity index (χ3v) is 4.12. The molecule has 0 fully saturated rings. The molecule has 0 saturated heterocycles. The number of rotatable bonds is 5. The Labute approximate surface area is 159 Å². The summed E-state index contributed by atoms with van der Waals surface area (Å²) in [6.07, 6.45) is 0.438. The second-order valence-corrected chi connectivity index (χ2v) is 6.05. The van der Waals surface area contributed by atoms with Crippen LogP contribution in [-0.2, 0) is 6.42 Å². The van der Waals surface area contributed by atoms with Gasteiger partial charge in [-0.3, -0.25) is 5.32 Å². The normalized spacial score (nSPS) is 10.4. The minimum Gasteiger partial charge on any atom is -0.497 e. The van der Waals surface area contributed by atoms with Crippen LogP contribution in [0.15, 0.2) is 46.9 Å². The van der Waals surface area contributed by atoms with Gasteiger partial charge in [0, 0.05) is 5.69 Å². The van der Waals surface area contributed by atoms with Crippen LogP contribution in [0.4, 0.5) is 16.5 Å². The third-order valence-electron chi connectivity index (χ3n) is 3.38. The van der Waals surface area contributed by atoms with Gasteiger partial charge in [0.15, 0.2) is 0 Å². The number of carbonyl (C=O) groups is 1.